The Labute approximate surface area is 132 Å². The third-order valence-electron chi connectivity index (χ3n) is 4.75. The molecule has 0 bridgehead atoms. The molecule has 1 aliphatic heterocycles. The molecule has 118 valence electrons. The van der Waals surface area contributed by atoms with Crippen LogP contribution in [-0.4, -0.2) is 4.98 Å². The van der Waals surface area contributed by atoms with E-state index in [2.05, 4.69) is 16.4 Å². The zero-order valence-corrected chi connectivity index (χ0v) is 12.2. The summed E-state index contributed by atoms with van der Waals surface area (Å²) in [6.07, 6.45) is 3.99. The van der Waals surface area contributed by atoms with Crippen LogP contribution >= 0.6 is 0 Å². The minimum Gasteiger partial charge on any atom is -0.377 e. The second-order valence-electron chi connectivity index (χ2n) is 6.03. The third kappa shape index (κ3) is 2.31. The molecule has 0 unspecified atom stereocenters. The number of nitrogens with zero attached hydrogens (tertiary/aromatic N) is 1. The van der Waals surface area contributed by atoms with Crippen LogP contribution in [0.15, 0.2) is 54.9 Å². The van der Waals surface area contributed by atoms with Gasteiger partial charge in [0, 0.05) is 18.3 Å². The molecule has 4 rings (SSSR count). The average Bonchev–Trinajstić information content (AvgIpc) is 3.03. The molecule has 0 fully saturated rings. The van der Waals surface area contributed by atoms with Gasteiger partial charge in [0.05, 0.1) is 17.3 Å². The van der Waals surface area contributed by atoms with Gasteiger partial charge in [-0.25, -0.2) is 0 Å². The Balaban J connectivity index is 1.86. The Hall–Kier alpha value is -2.30. The fourth-order valence-electron chi connectivity index (χ4n) is 3.75. The zero-order valence-electron chi connectivity index (χ0n) is 12.2. The maximum absolute atomic E-state index is 13.4. The molecule has 0 saturated heterocycles. The molecule has 1 aromatic carbocycles. The summed E-state index contributed by atoms with van der Waals surface area (Å²) in [6, 6.07) is 8.01. The topological polar surface area (TPSA) is 24.9 Å². The van der Waals surface area contributed by atoms with Gasteiger partial charge >= 0.3 is 6.18 Å². The first kappa shape index (κ1) is 14.3. The summed E-state index contributed by atoms with van der Waals surface area (Å²) in [4.78, 5) is 4.12. The first-order valence-corrected chi connectivity index (χ1v) is 7.59. The number of pyridine rings is 1. The lowest BCUT2D eigenvalue weighted by Gasteiger charge is -2.38. The molecule has 0 spiro atoms. The number of anilines is 1. The van der Waals surface area contributed by atoms with Crippen molar-refractivity contribution in [2.24, 2.45) is 5.92 Å². The van der Waals surface area contributed by atoms with Crippen molar-refractivity contribution in [1.29, 1.82) is 0 Å². The summed E-state index contributed by atoms with van der Waals surface area (Å²) >= 11 is 0. The Morgan fingerprint density at radius 2 is 2.00 bits per heavy atom. The maximum Gasteiger partial charge on any atom is 0.418 e. The summed E-state index contributed by atoms with van der Waals surface area (Å²) in [5.74, 6) is 0.230. The standard InChI is InChI=1S/C18H15F3N2/c19-18(20,21)15-8-2-7-14-12-5-1-6-13(12)16(23-17(14)15)11-4-3-9-22-10-11/h1-5,7-10,12-13,16,23H,6H2/t12-,13-,16-/m1/s1. The van der Waals surface area contributed by atoms with Gasteiger partial charge in [-0.05, 0) is 35.6 Å². The number of alkyl halides is 3. The molecule has 3 atom stereocenters. The third-order valence-corrected chi connectivity index (χ3v) is 4.75. The number of nitrogens with one attached hydrogen (secondary N) is 1. The molecule has 0 amide bonds. The van der Waals surface area contributed by atoms with Crippen LogP contribution in [0, 0.1) is 5.92 Å². The molecule has 2 aromatic rings. The number of hydrogen-bond acceptors (Lipinski definition) is 2. The molecule has 1 N–H and O–H groups in total. The highest BCUT2D eigenvalue weighted by atomic mass is 19.4. The van der Waals surface area contributed by atoms with Crippen LogP contribution < -0.4 is 5.32 Å². The van der Waals surface area contributed by atoms with E-state index < -0.39 is 11.7 Å². The SMILES string of the molecule is FC(F)(F)c1cccc2c1N[C@H](c1cccnc1)[C@@H]1CC=C[C@@H]21. The van der Waals surface area contributed by atoms with Crippen LogP contribution in [0.2, 0.25) is 0 Å². The van der Waals surface area contributed by atoms with Gasteiger partial charge in [-0.3, -0.25) is 4.98 Å². The van der Waals surface area contributed by atoms with Crippen molar-refractivity contribution < 1.29 is 13.2 Å². The largest absolute Gasteiger partial charge is 0.418 e. The van der Waals surface area contributed by atoms with Crippen LogP contribution in [0.1, 0.15) is 35.1 Å². The van der Waals surface area contributed by atoms with Gasteiger partial charge < -0.3 is 5.32 Å². The minimum absolute atomic E-state index is 0.0127. The number of hydrogen-bond donors (Lipinski definition) is 1. The number of aromatic nitrogens is 1. The Morgan fingerprint density at radius 3 is 2.74 bits per heavy atom. The van der Waals surface area contributed by atoms with Gasteiger partial charge in [0.25, 0.3) is 0 Å². The van der Waals surface area contributed by atoms with Gasteiger partial charge in [0.2, 0.25) is 0 Å². The van der Waals surface area contributed by atoms with Crippen LogP contribution in [0.4, 0.5) is 18.9 Å². The highest BCUT2D eigenvalue weighted by molar-refractivity contribution is 5.65. The number of halogens is 3. The van der Waals surface area contributed by atoms with E-state index in [0.29, 0.717) is 0 Å². The summed E-state index contributed by atoms with van der Waals surface area (Å²) < 4.78 is 40.1. The molecule has 2 nitrogen and oxygen atoms in total. The van der Waals surface area contributed by atoms with E-state index in [1.54, 1.807) is 18.5 Å². The predicted octanol–water partition coefficient (Wildman–Crippen LogP) is 4.93. The molecule has 2 heterocycles. The molecule has 0 radical (unpaired) electrons. The highest BCUT2D eigenvalue weighted by Crippen LogP contribution is 2.52. The lowest BCUT2D eigenvalue weighted by Crippen LogP contribution is -2.30. The summed E-state index contributed by atoms with van der Waals surface area (Å²) in [5.41, 5.74) is 1.27. The van der Waals surface area contributed by atoms with Crippen molar-refractivity contribution in [3.05, 3.63) is 71.6 Å². The van der Waals surface area contributed by atoms with E-state index in [1.807, 2.05) is 18.2 Å². The lowest BCUT2D eigenvalue weighted by molar-refractivity contribution is -0.137. The number of allylic oxidation sites excluding steroid dienone is 2. The van der Waals surface area contributed by atoms with Gasteiger partial charge in [-0.15, -0.1) is 0 Å². The fourth-order valence-corrected chi connectivity index (χ4v) is 3.75. The quantitative estimate of drug-likeness (QED) is 0.755. The molecule has 2 aliphatic rings. The van der Waals surface area contributed by atoms with Crippen LogP contribution in [0.25, 0.3) is 0 Å². The van der Waals surface area contributed by atoms with Crippen molar-refractivity contribution in [2.45, 2.75) is 24.6 Å². The molecular formula is C18H15F3N2. The summed E-state index contributed by atoms with van der Waals surface area (Å²) in [7, 11) is 0. The number of rotatable bonds is 1. The van der Waals surface area contributed by atoms with E-state index in [-0.39, 0.29) is 23.6 Å². The van der Waals surface area contributed by atoms with Gasteiger partial charge in [0.15, 0.2) is 0 Å². The van der Waals surface area contributed by atoms with Crippen molar-refractivity contribution in [3.8, 4) is 0 Å². The van der Waals surface area contributed by atoms with Crippen molar-refractivity contribution >= 4 is 5.69 Å². The highest BCUT2D eigenvalue weighted by Gasteiger charge is 2.42. The average molecular weight is 316 g/mol. The number of fused-ring (bicyclic) bond motifs is 3. The zero-order chi connectivity index (χ0) is 16.0. The van der Waals surface area contributed by atoms with E-state index in [1.165, 1.54) is 6.07 Å². The molecule has 1 aromatic heterocycles. The Morgan fingerprint density at radius 1 is 1.13 bits per heavy atom. The minimum atomic E-state index is -4.37. The fraction of sp³-hybridized carbons (Fsp3) is 0.278. The van der Waals surface area contributed by atoms with Crippen LogP contribution in [-0.2, 0) is 6.18 Å². The summed E-state index contributed by atoms with van der Waals surface area (Å²) in [5, 5.41) is 3.16. The maximum atomic E-state index is 13.4. The molecule has 0 saturated carbocycles. The number of benzene rings is 1. The Bertz CT molecular complexity index is 753. The summed E-state index contributed by atoms with van der Waals surface area (Å²) in [6.45, 7) is 0. The van der Waals surface area contributed by atoms with E-state index >= 15 is 0 Å². The molecule has 5 heteroatoms. The monoisotopic (exact) mass is 316 g/mol. The first-order chi connectivity index (χ1) is 11.1. The van der Waals surface area contributed by atoms with E-state index in [9.17, 15) is 13.2 Å². The van der Waals surface area contributed by atoms with Gasteiger partial charge in [-0.1, -0.05) is 30.4 Å². The van der Waals surface area contributed by atoms with Crippen molar-refractivity contribution in [2.75, 3.05) is 5.32 Å². The normalized spacial score (nSPS) is 25.6. The molecule has 23 heavy (non-hydrogen) atoms. The predicted molar refractivity (Wildman–Crippen MR) is 82.0 cm³/mol. The second kappa shape index (κ2) is 5.11. The first-order valence-electron chi connectivity index (χ1n) is 7.59. The molecule has 1 aliphatic carbocycles. The van der Waals surface area contributed by atoms with Crippen molar-refractivity contribution in [3.63, 3.8) is 0 Å². The van der Waals surface area contributed by atoms with E-state index in [4.69, 9.17) is 0 Å². The van der Waals surface area contributed by atoms with E-state index in [0.717, 1.165) is 23.6 Å². The molecular weight excluding hydrogens is 301 g/mol. The second-order valence-corrected chi connectivity index (χ2v) is 6.03. The lowest BCUT2D eigenvalue weighted by atomic mass is 9.76. The Kier molecular flexibility index (Phi) is 3.18. The van der Waals surface area contributed by atoms with Gasteiger partial charge in [0.1, 0.15) is 0 Å². The van der Waals surface area contributed by atoms with Crippen LogP contribution in [0.5, 0.6) is 0 Å². The van der Waals surface area contributed by atoms with Crippen molar-refractivity contribution in [1.82, 2.24) is 4.98 Å². The van der Waals surface area contributed by atoms with Gasteiger partial charge in [-0.2, -0.15) is 13.2 Å². The number of para-hydroxylation sites is 1. The smallest absolute Gasteiger partial charge is 0.377 e. The van der Waals surface area contributed by atoms with Crippen LogP contribution in [0.3, 0.4) is 0 Å².